The first-order chi connectivity index (χ1) is 13.5. The number of rotatable bonds is 4. The van der Waals surface area contributed by atoms with Crippen LogP contribution in [0.4, 0.5) is 0 Å². The average molecular weight is 514 g/mol. The SMILES string of the molecule is Cc1c(I)c(C(OC(C)(C)C)C(=O)O)c(C)c2c1CN(C1CCNCC1)C(=O)C2. The fourth-order valence-corrected chi connectivity index (χ4v) is 5.44. The van der Waals surface area contributed by atoms with Crippen LogP contribution >= 0.6 is 22.6 Å². The van der Waals surface area contributed by atoms with E-state index in [0.29, 0.717) is 18.5 Å². The van der Waals surface area contributed by atoms with Crippen molar-refractivity contribution in [2.75, 3.05) is 13.1 Å². The number of carbonyl (C=O) groups is 2. The Morgan fingerprint density at radius 2 is 1.83 bits per heavy atom. The summed E-state index contributed by atoms with van der Waals surface area (Å²) in [6.07, 6.45) is 1.24. The molecule has 6 nitrogen and oxygen atoms in total. The number of hydrogen-bond donors (Lipinski definition) is 2. The van der Waals surface area contributed by atoms with Gasteiger partial charge in [-0.1, -0.05) is 0 Å². The molecular formula is C22H31IN2O4. The molecule has 1 saturated heterocycles. The van der Waals surface area contributed by atoms with Crippen LogP contribution < -0.4 is 5.32 Å². The molecule has 2 heterocycles. The van der Waals surface area contributed by atoms with Crippen molar-refractivity contribution in [2.24, 2.45) is 0 Å². The van der Waals surface area contributed by atoms with Crippen LogP contribution in [0.25, 0.3) is 0 Å². The Balaban J connectivity index is 2.05. The molecule has 1 amide bonds. The lowest BCUT2D eigenvalue weighted by molar-refractivity contribution is -0.160. The number of hydrogen-bond acceptors (Lipinski definition) is 4. The summed E-state index contributed by atoms with van der Waals surface area (Å²) in [5.74, 6) is -0.860. The number of piperidine rings is 1. The summed E-state index contributed by atoms with van der Waals surface area (Å²) < 4.78 is 6.86. The van der Waals surface area contributed by atoms with E-state index < -0.39 is 17.7 Å². The zero-order chi connectivity index (χ0) is 21.5. The van der Waals surface area contributed by atoms with Crippen LogP contribution in [0.15, 0.2) is 0 Å². The first-order valence-corrected chi connectivity index (χ1v) is 11.3. The second-order valence-electron chi connectivity index (χ2n) is 9.06. The zero-order valence-corrected chi connectivity index (χ0v) is 20.1. The number of fused-ring (bicyclic) bond motifs is 1. The van der Waals surface area contributed by atoms with E-state index in [-0.39, 0.29) is 11.9 Å². The van der Waals surface area contributed by atoms with Crippen molar-refractivity contribution in [3.8, 4) is 0 Å². The number of benzene rings is 1. The minimum absolute atomic E-state index is 0.141. The number of ether oxygens (including phenoxy) is 1. The molecule has 0 bridgehead atoms. The molecule has 0 saturated carbocycles. The Morgan fingerprint density at radius 3 is 2.38 bits per heavy atom. The lowest BCUT2D eigenvalue weighted by Crippen LogP contribution is -2.48. The normalized spacial score (nSPS) is 19.2. The molecule has 1 atom stereocenters. The minimum Gasteiger partial charge on any atom is -0.479 e. The molecule has 7 heteroatoms. The van der Waals surface area contributed by atoms with Crippen molar-refractivity contribution in [3.63, 3.8) is 0 Å². The highest BCUT2D eigenvalue weighted by Gasteiger charge is 2.36. The van der Waals surface area contributed by atoms with Crippen LogP contribution in [-0.2, 0) is 27.3 Å². The molecule has 1 aromatic carbocycles. The molecule has 0 aliphatic carbocycles. The monoisotopic (exact) mass is 514 g/mol. The predicted molar refractivity (Wildman–Crippen MR) is 120 cm³/mol. The molecule has 0 spiro atoms. The van der Waals surface area contributed by atoms with Crippen molar-refractivity contribution in [1.29, 1.82) is 0 Å². The summed E-state index contributed by atoms with van der Waals surface area (Å²) in [7, 11) is 0. The standard InChI is InChI=1S/C22H31IN2O4/c1-12-15-10-17(26)25(14-6-8-24-9-7-14)11-16(15)13(2)19(23)18(12)20(21(27)28)29-22(3,4)5/h14,20,24H,6-11H2,1-5H3,(H,27,28). The Kier molecular flexibility index (Phi) is 6.60. The summed E-state index contributed by atoms with van der Waals surface area (Å²) in [5, 5.41) is 13.2. The summed E-state index contributed by atoms with van der Waals surface area (Å²) in [6, 6.07) is 0.282. The molecule has 3 rings (SSSR count). The average Bonchev–Trinajstić information content (AvgIpc) is 2.65. The van der Waals surface area contributed by atoms with Crippen molar-refractivity contribution in [3.05, 3.63) is 31.4 Å². The maximum Gasteiger partial charge on any atom is 0.337 e. The van der Waals surface area contributed by atoms with Gasteiger partial charge < -0.3 is 20.1 Å². The maximum atomic E-state index is 13.0. The van der Waals surface area contributed by atoms with Crippen LogP contribution in [0.3, 0.4) is 0 Å². The summed E-state index contributed by atoms with van der Waals surface area (Å²) in [5.41, 5.74) is 4.20. The van der Waals surface area contributed by atoms with E-state index in [2.05, 4.69) is 27.9 Å². The number of carbonyl (C=O) groups excluding carboxylic acids is 1. The fourth-order valence-electron chi connectivity index (χ4n) is 4.43. The van der Waals surface area contributed by atoms with Crippen molar-refractivity contribution in [2.45, 2.75) is 78.2 Å². The number of nitrogens with one attached hydrogen (secondary N) is 1. The molecule has 0 aromatic heterocycles. The second kappa shape index (κ2) is 8.51. The highest BCUT2D eigenvalue weighted by Crippen LogP contribution is 2.39. The zero-order valence-electron chi connectivity index (χ0n) is 17.9. The molecule has 2 aliphatic rings. The third kappa shape index (κ3) is 4.61. The Morgan fingerprint density at radius 1 is 1.21 bits per heavy atom. The van der Waals surface area contributed by atoms with Gasteiger partial charge in [0.2, 0.25) is 5.91 Å². The first-order valence-electron chi connectivity index (χ1n) is 10.2. The van der Waals surface area contributed by atoms with Crippen molar-refractivity contribution >= 4 is 34.5 Å². The third-order valence-electron chi connectivity index (χ3n) is 5.92. The van der Waals surface area contributed by atoms with Crippen LogP contribution in [-0.4, -0.2) is 46.6 Å². The van der Waals surface area contributed by atoms with Gasteiger partial charge in [-0.15, -0.1) is 0 Å². The van der Waals surface area contributed by atoms with Gasteiger partial charge in [-0.05, 0) is 105 Å². The molecule has 1 unspecified atom stereocenters. The van der Waals surface area contributed by atoms with E-state index in [1.807, 2.05) is 39.5 Å². The van der Waals surface area contributed by atoms with Crippen LogP contribution in [0.2, 0.25) is 0 Å². The molecule has 1 aromatic rings. The number of carboxylic acids is 1. The van der Waals surface area contributed by atoms with E-state index in [0.717, 1.165) is 46.2 Å². The smallest absolute Gasteiger partial charge is 0.337 e. The van der Waals surface area contributed by atoms with E-state index in [4.69, 9.17) is 4.74 Å². The molecule has 1 fully saturated rings. The van der Waals surface area contributed by atoms with Crippen LogP contribution in [0.1, 0.15) is 67.5 Å². The number of carboxylic acid groups (broad SMARTS) is 1. The number of nitrogens with zero attached hydrogens (tertiary/aromatic N) is 1. The van der Waals surface area contributed by atoms with Gasteiger partial charge in [0.15, 0.2) is 6.10 Å². The van der Waals surface area contributed by atoms with Gasteiger partial charge in [-0.25, -0.2) is 4.79 Å². The van der Waals surface area contributed by atoms with Gasteiger partial charge in [0, 0.05) is 21.7 Å². The lowest BCUT2D eigenvalue weighted by Gasteiger charge is -2.39. The number of amides is 1. The van der Waals surface area contributed by atoms with Gasteiger partial charge in [0.25, 0.3) is 0 Å². The van der Waals surface area contributed by atoms with Gasteiger partial charge in [-0.3, -0.25) is 4.79 Å². The van der Waals surface area contributed by atoms with E-state index in [9.17, 15) is 14.7 Å². The summed E-state index contributed by atoms with van der Waals surface area (Å²) in [4.78, 5) is 27.1. The van der Waals surface area contributed by atoms with Gasteiger partial charge in [0.05, 0.1) is 12.0 Å². The van der Waals surface area contributed by atoms with Crippen molar-refractivity contribution in [1.82, 2.24) is 10.2 Å². The summed E-state index contributed by atoms with van der Waals surface area (Å²) >= 11 is 2.25. The largest absolute Gasteiger partial charge is 0.479 e. The van der Waals surface area contributed by atoms with Gasteiger partial charge in [-0.2, -0.15) is 0 Å². The van der Waals surface area contributed by atoms with Crippen LogP contribution in [0.5, 0.6) is 0 Å². The van der Waals surface area contributed by atoms with Gasteiger partial charge in [0.1, 0.15) is 0 Å². The van der Waals surface area contributed by atoms with E-state index >= 15 is 0 Å². The molecular weight excluding hydrogens is 483 g/mol. The predicted octanol–water partition coefficient (Wildman–Crippen LogP) is 3.49. The third-order valence-corrected chi connectivity index (χ3v) is 7.31. The Bertz CT molecular complexity index is 825. The second-order valence-corrected chi connectivity index (χ2v) is 10.1. The Hall–Kier alpha value is -1.19. The topological polar surface area (TPSA) is 78.9 Å². The molecule has 29 heavy (non-hydrogen) atoms. The number of halogens is 1. The highest BCUT2D eigenvalue weighted by atomic mass is 127. The fraction of sp³-hybridized carbons (Fsp3) is 0.636. The minimum atomic E-state index is -1.05. The quantitative estimate of drug-likeness (QED) is 0.602. The first kappa shape index (κ1) is 22.5. The summed E-state index contributed by atoms with van der Waals surface area (Å²) in [6.45, 7) is 12.0. The molecule has 2 N–H and O–H groups in total. The Labute approximate surface area is 186 Å². The van der Waals surface area contributed by atoms with Gasteiger partial charge >= 0.3 is 5.97 Å². The molecule has 0 radical (unpaired) electrons. The van der Waals surface area contributed by atoms with E-state index in [1.54, 1.807) is 0 Å². The lowest BCUT2D eigenvalue weighted by atomic mass is 9.85. The highest BCUT2D eigenvalue weighted by molar-refractivity contribution is 14.1. The molecule has 160 valence electrons. The maximum absolute atomic E-state index is 13.0. The van der Waals surface area contributed by atoms with Crippen molar-refractivity contribution < 1.29 is 19.4 Å². The number of aliphatic carboxylic acids is 1. The molecule has 2 aliphatic heterocycles. The van der Waals surface area contributed by atoms with E-state index in [1.165, 1.54) is 5.56 Å². The van der Waals surface area contributed by atoms with Crippen LogP contribution in [0, 0.1) is 17.4 Å².